The van der Waals surface area contributed by atoms with Crippen LogP contribution in [0.5, 0.6) is 0 Å². The molecule has 0 saturated carbocycles. The number of halogens is 3. The first-order chi connectivity index (χ1) is 10.8. The first-order valence-corrected chi connectivity index (χ1v) is 7.16. The summed E-state index contributed by atoms with van der Waals surface area (Å²) in [6.07, 6.45) is -2.86. The van der Waals surface area contributed by atoms with E-state index in [0.29, 0.717) is 22.6 Å². The van der Waals surface area contributed by atoms with Crippen LogP contribution in [-0.4, -0.2) is 19.5 Å². The van der Waals surface area contributed by atoms with E-state index in [-0.39, 0.29) is 6.04 Å². The lowest BCUT2D eigenvalue weighted by Gasteiger charge is -2.15. The van der Waals surface area contributed by atoms with Gasteiger partial charge in [0.2, 0.25) is 5.82 Å². The van der Waals surface area contributed by atoms with Crippen LogP contribution in [0.1, 0.15) is 31.5 Å². The molecule has 0 radical (unpaired) electrons. The van der Waals surface area contributed by atoms with Crippen molar-refractivity contribution in [2.45, 2.75) is 33.0 Å². The summed E-state index contributed by atoms with van der Waals surface area (Å²) in [7, 11) is 0. The van der Waals surface area contributed by atoms with Crippen LogP contribution in [0.2, 0.25) is 0 Å². The van der Waals surface area contributed by atoms with E-state index >= 15 is 0 Å². The summed E-state index contributed by atoms with van der Waals surface area (Å²) in [5.74, 6) is -0.269. The molecule has 23 heavy (non-hydrogen) atoms. The van der Waals surface area contributed by atoms with Gasteiger partial charge in [-0.05, 0) is 39.0 Å². The Hall–Kier alpha value is -2.44. The molecule has 3 rings (SSSR count). The summed E-state index contributed by atoms with van der Waals surface area (Å²) in [4.78, 5) is 12.1. The minimum absolute atomic E-state index is 0.320. The van der Waals surface area contributed by atoms with Gasteiger partial charge in [0, 0.05) is 17.8 Å². The second kappa shape index (κ2) is 5.33. The molecule has 0 atom stereocenters. The molecule has 2 aromatic heterocycles. The average Bonchev–Trinajstić information content (AvgIpc) is 2.86. The Kier molecular flexibility index (Phi) is 3.58. The molecule has 0 fully saturated rings. The number of imidazole rings is 1. The molecule has 0 saturated heterocycles. The molecule has 120 valence electrons. The lowest BCUT2D eigenvalue weighted by atomic mass is 10.1. The van der Waals surface area contributed by atoms with Gasteiger partial charge >= 0.3 is 6.18 Å². The lowest BCUT2D eigenvalue weighted by Crippen LogP contribution is -2.16. The maximum atomic E-state index is 13.2. The highest BCUT2D eigenvalue weighted by Crippen LogP contribution is 2.34. The normalized spacial score (nSPS) is 12.3. The second-order valence-electron chi connectivity index (χ2n) is 5.59. The predicted molar refractivity (Wildman–Crippen MR) is 80.9 cm³/mol. The van der Waals surface area contributed by atoms with Crippen molar-refractivity contribution in [2.24, 2.45) is 0 Å². The van der Waals surface area contributed by atoms with Gasteiger partial charge in [-0.3, -0.25) is 0 Å². The highest BCUT2D eigenvalue weighted by molar-refractivity contribution is 5.82. The minimum Gasteiger partial charge on any atom is -0.318 e. The molecular formula is C16H15F3N4. The number of aromatic nitrogens is 4. The Balaban J connectivity index is 2.25. The minimum atomic E-state index is -4.49. The number of benzene rings is 1. The van der Waals surface area contributed by atoms with Crippen LogP contribution < -0.4 is 0 Å². The van der Waals surface area contributed by atoms with Crippen molar-refractivity contribution < 1.29 is 13.2 Å². The molecule has 0 aliphatic carbocycles. The van der Waals surface area contributed by atoms with Crippen molar-refractivity contribution in [1.82, 2.24) is 19.5 Å². The van der Waals surface area contributed by atoms with Crippen molar-refractivity contribution in [1.29, 1.82) is 0 Å². The molecule has 1 aromatic carbocycles. The summed E-state index contributed by atoms with van der Waals surface area (Å²) in [5, 5.41) is 0. The van der Waals surface area contributed by atoms with E-state index in [1.807, 2.05) is 0 Å². The molecule has 4 nitrogen and oxygen atoms in total. The summed E-state index contributed by atoms with van der Waals surface area (Å²) in [6, 6.07) is 6.38. The van der Waals surface area contributed by atoms with Gasteiger partial charge in [-0.25, -0.2) is 15.0 Å². The van der Waals surface area contributed by atoms with Crippen LogP contribution in [0.25, 0.3) is 22.3 Å². The fourth-order valence-electron chi connectivity index (χ4n) is 2.59. The number of fused-ring (bicyclic) bond motifs is 1. The molecule has 2 heterocycles. The highest BCUT2D eigenvalue weighted by atomic mass is 19.4. The molecule has 0 N–H and O–H groups in total. The average molecular weight is 320 g/mol. The Morgan fingerprint density at radius 2 is 1.83 bits per heavy atom. The fourth-order valence-corrected chi connectivity index (χ4v) is 2.59. The summed E-state index contributed by atoms with van der Waals surface area (Å²) in [6.45, 7) is 5.18. The quantitative estimate of drug-likeness (QED) is 0.703. The zero-order valence-electron chi connectivity index (χ0n) is 12.9. The smallest absolute Gasteiger partial charge is 0.318 e. The van der Waals surface area contributed by atoms with Crippen LogP contribution in [0.15, 0.2) is 30.5 Å². The van der Waals surface area contributed by atoms with Crippen LogP contribution in [0, 0.1) is 6.92 Å². The van der Waals surface area contributed by atoms with Crippen LogP contribution in [0.4, 0.5) is 13.2 Å². The van der Waals surface area contributed by atoms with E-state index < -0.39 is 12.0 Å². The summed E-state index contributed by atoms with van der Waals surface area (Å²) in [5.41, 5.74) is 2.17. The summed E-state index contributed by atoms with van der Waals surface area (Å²) >= 11 is 0. The van der Waals surface area contributed by atoms with E-state index in [0.717, 1.165) is 5.56 Å². The number of aryl methyl sites for hydroxylation is 1. The Labute approximate surface area is 131 Å². The molecule has 3 aromatic rings. The zero-order valence-corrected chi connectivity index (χ0v) is 12.9. The Morgan fingerprint density at radius 1 is 1.09 bits per heavy atom. The highest BCUT2D eigenvalue weighted by Gasteiger charge is 2.38. The zero-order chi connectivity index (χ0) is 16.8. The number of hydrogen-bond acceptors (Lipinski definition) is 3. The first-order valence-electron chi connectivity index (χ1n) is 7.16. The number of nitrogens with zero attached hydrogens (tertiary/aromatic N) is 4. The van der Waals surface area contributed by atoms with E-state index in [9.17, 15) is 13.2 Å². The third-order valence-corrected chi connectivity index (χ3v) is 3.53. The van der Waals surface area contributed by atoms with Crippen molar-refractivity contribution in [2.75, 3.05) is 0 Å². The molecule has 0 unspecified atom stereocenters. The molecule has 0 amide bonds. The summed E-state index contributed by atoms with van der Waals surface area (Å²) < 4.78 is 40.9. The van der Waals surface area contributed by atoms with Gasteiger partial charge in [0.15, 0.2) is 0 Å². The Bertz CT molecular complexity index is 865. The van der Waals surface area contributed by atoms with Gasteiger partial charge in [0.25, 0.3) is 0 Å². The number of alkyl halides is 3. The van der Waals surface area contributed by atoms with Gasteiger partial charge in [-0.15, -0.1) is 0 Å². The van der Waals surface area contributed by atoms with Gasteiger partial charge < -0.3 is 4.57 Å². The van der Waals surface area contributed by atoms with Crippen LogP contribution >= 0.6 is 0 Å². The maximum Gasteiger partial charge on any atom is 0.449 e. The van der Waals surface area contributed by atoms with Crippen LogP contribution in [-0.2, 0) is 6.18 Å². The molecule has 0 bridgehead atoms. The molecule has 0 aliphatic heterocycles. The van der Waals surface area contributed by atoms with E-state index in [4.69, 9.17) is 0 Å². The third-order valence-electron chi connectivity index (χ3n) is 3.53. The van der Waals surface area contributed by atoms with Crippen molar-refractivity contribution in [3.8, 4) is 11.3 Å². The number of hydrogen-bond donors (Lipinski definition) is 0. The van der Waals surface area contributed by atoms with Gasteiger partial charge in [0.1, 0.15) is 5.82 Å². The molecular weight excluding hydrogens is 305 g/mol. The van der Waals surface area contributed by atoms with E-state index in [1.54, 1.807) is 51.2 Å². The molecule has 0 aliphatic rings. The molecule has 7 heteroatoms. The van der Waals surface area contributed by atoms with E-state index in [1.165, 1.54) is 4.57 Å². The van der Waals surface area contributed by atoms with Crippen molar-refractivity contribution in [3.63, 3.8) is 0 Å². The van der Waals surface area contributed by atoms with Crippen molar-refractivity contribution in [3.05, 3.63) is 42.1 Å². The second-order valence-corrected chi connectivity index (χ2v) is 5.59. The monoisotopic (exact) mass is 320 g/mol. The lowest BCUT2D eigenvalue weighted by molar-refractivity contribution is -0.147. The SMILES string of the molecule is Cc1nccc(-c2ccc3nc(C(F)(F)F)n(C(C)C)c3c2)n1. The van der Waals surface area contributed by atoms with Gasteiger partial charge in [-0.1, -0.05) is 6.07 Å². The van der Waals surface area contributed by atoms with Gasteiger partial charge in [0.05, 0.1) is 16.7 Å². The Morgan fingerprint density at radius 3 is 2.43 bits per heavy atom. The predicted octanol–water partition coefficient (Wildman–Crippen LogP) is 4.40. The fraction of sp³-hybridized carbons (Fsp3) is 0.312. The largest absolute Gasteiger partial charge is 0.449 e. The molecule has 0 spiro atoms. The van der Waals surface area contributed by atoms with Crippen LogP contribution in [0.3, 0.4) is 0 Å². The number of rotatable bonds is 2. The van der Waals surface area contributed by atoms with Crippen molar-refractivity contribution >= 4 is 11.0 Å². The third kappa shape index (κ3) is 2.78. The first kappa shape index (κ1) is 15.5. The van der Waals surface area contributed by atoms with E-state index in [2.05, 4.69) is 15.0 Å². The standard InChI is InChI=1S/C16H15F3N4/c1-9(2)23-14-8-11(12-6-7-20-10(3)21-12)4-5-13(14)22-15(23)16(17,18)19/h4-9H,1-3H3. The topological polar surface area (TPSA) is 43.6 Å². The maximum absolute atomic E-state index is 13.2. The van der Waals surface area contributed by atoms with Gasteiger partial charge in [-0.2, -0.15) is 13.2 Å².